The summed E-state index contributed by atoms with van der Waals surface area (Å²) in [4.78, 5) is 41.2. The molecule has 1 aliphatic rings. The lowest BCUT2D eigenvalue weighted by Crippen LogP contribution is -2.55. The van der Waals surface area contributed by atoms with E-state index >= 15 is 0 Å². The second kappa shape index (κ2) is 11.3. The minimum Gasteiger partial charge on any atom is -0.352 e. The molecule has 3 rings (SSSR count). The topological polar surface area (TPSA) is 78.5 Å². The van der Waals surface area contributed by atoms with E-state index in [0.29, 0.717) is 37.1 Å². The molecule has 1 heterocycles. The predicted octanol–water partition coefficient (Wildman–Crippen LogP) is 4.11. The van der Waals surface area contributed by atoms with Gasteiger partial charge in [-0.15, -0.1) is 0 Å². The van der Waals surface area contributed by atoms with Crippen LogP contribution in [0.15, 0.2) is 48.5 Å². The van der Waals surface area contributed by atoms with Gasteiger partial charge in [0.15, 0.2) is 0 Å². The van der Waals surface area contributed by atoms with Crippen LogP contribution >= 0.6 is 0 Å². The molecule has 0 bridgehead atoms. The van der Waals surface area contributed by atoms with E-state index < -0.39 is 6.04 Å². The van der Waals surface area contributed by atoms with Gasteiger partial charge in [0.05, 0.1) is 0 Å². The van der Waals surface area contributed by atoms with Crippen LogP contribution < -0.4 is 10.6 Å². The van der Waals surface area contributed by atoms with E-state index in [-0.39, 0.29) is 35.6 Å². The maximum Gasteiger partial charge on any atom is 0.253 e. The Morgan fingerprint density at radius 2 is 1.59 bits per heavy atom. The highest BCUT2D eigenvalue weighted by molar-refractivity contribution is 5.99. The number of piperidine rings is 1. The number of hydrogen-bond donors (Lipinski definition) is 2. The second-order valence-electron chi connectivity index (χ2n) is 9.81. The van der Waals surface area contributed by atoms with Gasteiger partial charge in [-0.2, -0.15) is 0 Å². The number of amides is 3. The lowest BCUT2D eigenvalue weighted by atomic mass is 9.87. The van der Waals surface area contributed by atoms with Gasteiger partial charge in [0.2, 0.25) is 5.91 Å². The Hall–Kier alpha value is -3.15. The summed E-state index contributed by atoms with van der Waals surface area (Å²) in [6, 6.07) is 14.3. The Bertz CT molecular complexity index is 1030. The summed E-state index contributed by atoms with van der Waals surface area (Å²) < 4.78 is 0. The lowest BCUT2D eigenvalue weighted by molar-refractivity contribution is -0.125. The van der Waals surface area contributed by atoms with Gasteiger partial charge in [0.25, 0.3) is 11.8 Å². The van der Waals surface area contributed by atoms with Crippen LogP contribution in [0.5, 0.6) is 0 Å². The maximum atomic E-state index is 13.3. The molecule has 2 N–H and O–H groups in total. The van der Waals surface area contributed by atoms with Crippen LogP contribution in [0.25, 0.3) is 0 Å². The molecule has 2 aromatic carbocycles. The minimum atomic E-state index is -0.649. The molecule has 34 heavy (non-hydrogen) atoms. The van der Waals surface area contributed by atoms with Crippen molar-refractivity contribution in [3.8, 4) is 0 Å². The number of likely N-dealkylation sites (tertiary alicyclic amines) is 1. The molecule has 0 aromatic heterocycles. The summed E-state index contributed by atoms with van der Waals surface area (Å²) >= 11 is 0. The zero-order valence-electron chi connectivity index (χ0n) is 20.9. The van der Waals surface area contributed by atoms with Crippen LogP contribution in [0.3, 0.4) is 0 Å². The highest BCUT2D eigenvalue weighted by Crippen LogP contribution is 2.24. The molecule has 0 spiro atoms. The SMILES string of the molecule is Cc1cccc(C(=O)N2CCC([C@@H](NC(=O)c3ccccc3C)C(=O)N[C@@H](C)C(C)C)CC2)c1. The molecule has 1 saturated heterocycles. The molecule has 182 valence electrons. The van der Waals surface area contributed by atoms with E-state index in [1.807, 2.05) is 68.1 Å². The number of rotatable bonds is 7. The van der Waals surface area contributed by atoms with E-state index in [1.54, 1.807) is 6.07 Å². The van der Waals surface area contributed by atoms with Crippen molar-refractivity contribution in [2.24, 2.45) is 11.8 Å². The van der Waals surface area contributed by atoms with E-state index in [2.05, 4.69) is 24.5 Å². The van der Waals surface area contributed by atoms with Gasteiger partial charge >= 0.3 is 0 Å². The minimum absolute atomic E-state index is 0.00616. The average Bonchev–Trinajstić information content (AvgIpc) is 2.82. The number of benzene rings is 2. The van der Waals surface area contributed by atoms with E-state index in [1.165, 1.54) is 0 Å². The van der Waals surface area contributed by atoms with Gasteiger partial charge < -0.3 is 15.5 Å². The normalized spacial score (nSPS) is 16.1. The van der Waals surface area contributed by atoms with Crippen molar-refractivity contribution in [1.29, 1.82) is 0 Å². The third kappa shape index (κ3) is 6.25. The number of aryl methyl sites for hydroxylation is 2. The van der Waals surface area contributed by atoms with Crippen molar-refractivity contribution in [2.45, 2.75) is 59.5 Å². The fourth-order valence-corrected chi connectivity index (χ4v) is 4.32. The van der Waals surface area contributed by atoms with Crippen molar-refractivity contribution < 1.29 is 14.4 Å². The Labute approximate surface area is 203 Å². The fraction of sp³-hybridized carbons (Fsp3) is 0.464. The number of nitrogens with one attached hydrogen (secondary N) is 2. The molecule has 1 aliphatic heterocycles. The first-order valence-corrected chi connectivity index (χ1v) is 12.2. The maximum absolute atomic E-state index is 13.3. The van der Waals surface area contributed by atoms with Gasteiger partial charge in [0, 0.05) is 30.3 Å². The molecule has 0 aliphatic carbocycles. The first-order chi connectivity index (χ1) is 16.2. The van der Waals surface area contributed by atoms with Crippen molar-refractivity contribution in [3.63, 3.8) is 0 Å². The predicted molar refractivity (Wildman–Crippen MR) is 135 cm³/mol. The summed E-state index contributed by atoms with van der Waals surface area (Å²) in [5, 5.41) is 6.10. The van der Waals surface area contributed by atoms with Crippen LogP contribution in [0, 0.1) is 25.7 Å². The van der Waals surface area contributed by atoms with Crippen molar-refractivity contribution in [2.75, 3.05) is 13.1 Å². The number of carbonyl (C=O) groups is 3. The monoisotopic (exact) mass is 463 g/mol. The highest BCUT2D eigenvalue weighted by atomic mass is 16.2. The summed E-state index contributed by atoms with van der Waals surface area (Å²) in [5.74, 6) is -0.153. The zero-order valence-corrected chi connectivity index (χ0v) is 20.9. The number of nitrogens with zero attached hydrogens (tertiary/aromatic N) is 1. The van der Waals surface area contributed by atoms with Crippen molar-refractivity contribution in [1.82, 2.24) is 15.5 Å². The van der Waals surface area contributed by atoms with Gasteiger partial charge in [-0.25, -0.2) is 0 Å². The lowest BCUT2D eigenvalue weighted by Gasteiger charge is -2.36. The first-order valence-electron chi connectivity index (χ1n) is 12.2. The van der Waals surface area contributed by atoms with E-state index in [9.17, 15) is 14.4 Å². The van der Waals surface area contributed by atoms with Crippen LogP contribution in [-0.2, 0) is 4.79 Å². The molecule has 0 saturated carbocycles. The highest BCUT2D eigenvalue weighted by Gasteiger charge is 2.35. The van der Waals surface area contributed by atoms with Crippen LogP contribution in [0.2, 0.25) is 0 Å². The van der Waals surface area contributed by atoms with Crippen molar-refractivity contribution >= 4 is 17.7 Å². The molecule has 3 amide bonds. The van der Waals surface area contributed by atoms with Gasteiger partial charge in [0.1, 0.15) is 6.04 Å². The van der Waals surface area contributed by atoms with Crippen LogP contribution in [-0.4, -0.2) is 47.8 Å². The van der Waals surface area contributed by atoms with Gasteiger partial charge in [-0.1, -0.05) is 49.7 Å². The van der Waals surface area contributed by atoms with Gasteiger partial charge in [-0.05, 0) is 69.2 Å². The largest absolute Gasteiger partial charge is 0.352 e. The summed E-state index contributed by atoms with van der Waals surface area (Å²) in [6.07, 6.45) is 1.31. The molecule has 0 unspecified atom stereocenters. The summed E-state index contributed by atoms with van der Waals surface area (Å²) in [7, 11) is 0. The van der Waals surface area contributed by atoms with Crippen LogP contribution in [0.1, 0.15) is 65.5 Å². The van der Waals surface area contributed by atoms with E-state index in [4.69, 9.17) is 0 Å². The average molecular weight is 464 g/mol. The Morgan fingerprint density at radius 3 is 2.21 bits per heavy atom. The molecular formula is C28H37N3O3. The Balaban J connectivity index is 1.73. The molecule has 0 radical (unpaired) electrons. The molecule has 6 heteroatoms. The fourth-order valence-electron chi connectivity index (χ4n) is 4.32. The van der Waals surface area contributed by atoms with Crippen molar-refractivity contribution in [3.05, 3.63) is 70.8 Å². The molecule has 1 fully saturated rings. The first kappa shape index (κ1) is 25.5. The third-order valence-corrected chi connectivity index (χ3v) is 6.89. The van der Waals surface area contributed by atoms with E-state index in [0.717, 1.165) is 11.1 Å². The summed E-state index contributed by atoms with van der Waals surface area (Å²) in [5.41, 5.74) is 3.18. The molecule has 6 nitrogen and oxygen atoms in total. The number of carbonyl (C=O) groups excluding carboxylic acids is 3. The smallest absolute Gasteiger partial charge is 0.253 e. The molecular weight excluding hydrogens is 426 g/mol. The second-order valence-corrected chi connectivity index (χ2v) is 9.81. The standard InChI is InChI=1S/C28H37N3O3/c1-18(2)21(5)29-27(33)25(30-26(32)24-12-7-6-10-20(24)4)22-13-15-31(16-14-22)28(34)23-11-8-9-19(3)17-23/h6-12,17-18,21-22,25H,13-16H2,1-5H3,(H,29,33)(H,30,32)/t21-,25+/m0/s1. The Kier molecular flexibility index (Phi) is 8.48. The summed E-state index contributed by atoms with van der Waals surface area (Å²) in [6.45, 7) is 11.1. The van der Waals surface area contributed by atoms with Crippen LogP contribution in [0.4, 0.5) is 0 Å². The quantitative estimate of drug-likeness (QED) is 0.649. The zero-order chi connectivity index (χ0) is 24.8. The van der Waals surface area contributed by atoms with Gasteiger partial charge in [-0.3, -0.25) is 14.4 Å². The molecule has 2 atom stereocenters. The molecule has 2 aromatic rings. The Morgan fingerprint density at radius 1 is 0.912 bits per heavy atom. The third-order valence-electron chi connectivity index (χ3n) is 6.89. The number of hydrogen-bond acceptors (Lipinski definition) is 3.